The maximum absolute atomic E-state index is 12.1. The summed E-state index contributed by atoms with van der Waals surface area (Å²) in [5.74, 6) is 0.568. The van der Waals surface area contributed by atoms with Gasteiger partial charge in [0.2, 0.25) is 0 Å². The van der Waals surface area contributed by atoms with Crippen LogP contribution in [0.25, 0.3) is 5.82 Å². The van der Waals surface area contributed by atoms with Crippen LogP contribution in [0.1, 0.15) is 32.5 Å². The van der Waals surface area contributed by atoms with Gasteiger partial charge in [-0.05, 0) is 39.8 Å². The Morgan fingerprint density at radius 2 is 1.92 bits per heavy atom. The number of carbonyl (C=O) groups is 1. The number of ether oxygens (including phenoxy) is 1. The Hall–Kier alpha value is -2.64. The fourth-order valence-corrected chi connectivity index (χ4v) is 2.43. The van der Waals surface area contributed by atoms with Crippen LogP contribution in [-0.2, 0) is 4.74 Å². The molecule has 0 aromatic carbocycles. The highest BCUT2D eigenvalue weighted by atomic mass is 16.6. The van der Waals surface area contributed by atoms with E-state index in [1.54, 1.807) is 21.8 Å². The van der Waals surface area contributed by atoms with Crippen molar-refractivity contribution >= 4 is 6.09 Å². The van der Waals surface area contributed by atoms with Gasteiger partial charge in [0.1, 0.15) is 5.60 Å². The number of hydrogen-bond donors (Lipinski definition) is 0. The van der Waals surface area contributed by atoms with Crippen LogP contribution in [0.5, 0.6) is 0 Å². The zero-order valence-electron chi connectivity index (χ0n) is 14.3. The van der Waals surface area contributed by atoms with Gasteiger partial charge in [0.25, 0.3) is 5.56 Å². The van der Waals surface area contributed by atoms with Gasteiger partial charge in [-0.1, -0.05) is 0 Å². The lowest BCUT2D eigenvalue weighted by molar-refractivity contribution is -0.00104. The van der Waals surface area contributed by atoms with Crippen molar-refractivity contribution in [1.29, 1.82) is 0 Å². The maximum Gasteiger partial charge on any atom is 0.410 e. The number of carbonyl (C=O) groups excluding carboxylic acids is 1. The molecule has 3 rings (SSSR count). The molecule has 1 fully saturated rings. The van der Waals surface area contributed by atoms with Crippen molar-refractivity contribution in [2.24, 2.45) is 0 Å². The number of aryl methyl sites for hydroxylation is 1. The summed E-state index contributed by atoms with van der Waals surface area (Å²) in [6.07, 6.45) is 1.42. The highest BCUT2D eigenvalue weighted by Crippen LogP contribution is 2.22. The zero-order valence-corrected chi connectivity index (χ0v) is 14.3. The lowest BCUT2D eigenvalue weighted by Gasteiger charge is -2.39. The first-order valence-corrected chi connectivity index (χ1v) is 7.83. The van der Waals surface area contributed by atoms with Crippen LogP contribution in [-0.4, -0.2) is 49.2 Å². The molecule has 0 spiro atoms. The van der Waals surface area contributed by atoms with E-state index >= 15 is 0 Å². The topological polar surface area (TPSA) is 82.2 Å². The fraction of sp³-hybridized carbons (Fsp3) is 0.500. The quantitative estimate of drug-likeness (QED) is 0.833. The fourth-order valence-electron chi connectivity index (χ4n) is 2.43. The largest absolute Gasteiger partial charge is 0.444 e. The molecule has 2 aromatic heterocycles. The van der Waals surface area contributed by atoms with E-state index in [4.69, 9.17) is 4.74 Å². The molecule has 1 saturated heterocycles. The molecule has 0 aliphatic carbocycles. The zero-order chi connectivity index (χ0) is 17.5. The normalized spacial score (nSPS) is 15.2. The molecule has 3 heterocycles. The van der Waals surface area contributed by atoms with Gasteiger partial charge in [0, 0.05) is 25.4 Å². The van der Waals surface area contributed by atoms with Gasteiger partial charge in [-0.25, -0.2) is 14.2 Å². The van der Waals surface area contributed by atoms with E-state index in [2.05, 4.69) is 10.2 Å². The van der Waals surface area contributed by atoms with Crippen molar-refractivity contribution in [2.45, 2.75) is 39.3 Å². The third-order valence-corrected chi connectivity index (χ3v) is 3.63. The number of hydrogen-bond acceptors (Lipinski definition) is 5. The summed E-state index contributed by atoms with van der Waals surface area (Å²) in [5.41, 5.74) is 0.139. The van der Waals surface area contributed by atoms with E-state index in [0.29, 0.717) is 18.9 Å². The lowest BCUT2D eigenvalue weighted by Crippen LogP contribution is -2.54. The first-order valence-electron chi connectivity index (χ1n) is 7.83. The summed E-state index contributed by atoms with van der Waals surface area (Å²) in [6, 6.07) is 4.82. The van der Waals surface area contributed by atoms with Crippen LogP contribution >= 0.6 is 0 Å². The Balaban J connectivity index is 1.73. The van der Waals surface area contributed by atoms with Crippen molar-refractivity contribution in [3.63, 3.8) is 0 Å². The summed E-state index contributed by atoms with van der Waals surface area (Å²) in [7, 11) is 0. The van der Waals surface area contributed by atoms with Crippen molar-refractivity contribution in [3.8, 4) is 5.82 Å². The number of rotatable bonds is 2. The lowest BCUT2D eigenvalue weighted by atomic mass is 10.1. The monoisotopic (exact) mass is 331 g/mol. The molecule has 8 nitrogen and oxygen atoms in total. The Morgan fingerprint density at radius 3 is 2.50 bits per heavy atom. The molecule has 1 aliphatic rings. The second-order valence-electron chi connectivity index (χ2n) is 6.92. The molecule has 1 amide bonds. The Labute approximate surface area is 139 Å². The standard InChI is InChI=1S/C16H21N5O3/c1-11-7-8-20(17-11)13-5-6-14(22)21(18-13)12-9-19(10-12)15(23)24-16(2,3)4/h5-8,12H,9-10H2,1-4H3. The number of amides is 1. The molecule has 24 heavy (non-hydrogen) atoms. The molecule has 8 heteroatoms. The minimum Gasteiger partial charge on any atom is -0.444 e. The van der Waals surface area contributed by atoms with Gasteiger partial charge in [0.05, 0.1) is 11.7 Å². The second kappa shape index (κ2) is 5.77. The van der Waals surface area contributed by atoms with Gasteiger partial charge in [0.15, 0.2) is 5.82 Å². The Bertz CT molecular complexity index is 812. The predicted octanol–water partition coefficient (Wildman–Crippen LogP) is 1.53. The summed E-state index contributed by atoms with van der Waals surface area (Å²) in [4.78, 5) is 25.6. The Morgan fingerprint density at radius 1 is 1.21 bits per heavy atom. The summed E-state index contributed by atoms with van der Waals surface area (Å²) < 4.78 is 8.35. The summed E-state index contributed by atoms with van der Waals surface area (Å²) in [5, 5.41) is 8.66. The van der Waals surface area contributed by atoms with E-state index in [9.17, 15) is 9.59 Å². The van der Waals surface area contributed by atoms with Gasteiger partial charge >= 0.3 is 6.09 Å². The van der Waals surface area contributed by atoms with Gasteiger partial charge in [-0.3, -0.25) is 4.79 Å². The molecule has 2 aromatic rings. The van der Waals surface area contributed by atoms with Gasteiger partial charge in [-0.15, -0.1) is 5.10 Å². The molecular weight excluding hydrogens is 310 g/mol. The molecule has 1 aliphatic heterocycles. The highest BCUT2D eigenvalue weighted by molar-refractivity contribution is 5.69. The average molecular weight is 331 g/mol. The smallest absolute Gasteiger partial charge is 0.410 e. The molecule has 0 bridgehead atoms. The van der Waals surface area contributed by atoms with Crippen molar-refractivity contribution in [2.75, 3.05) is 13.1 Å². The number of likely N-dealkylation sites (tertiary alicyclic amines) is 1. The molecular formula is C16H21N5O3. The van der Waals surface area contributed by atoms with E-state index in [0.717, 1.165) is 5.69 Å². The second-order valence-corrected chi connectivity index (χ2v) is 6.92. The average Bonchev–Trinajstić information content (AvgIpc) is 2.83. The van der Waals surface area contributed by atoms with Crippen molar-refractivity contribution < 1.29 is 9.53 Å². The third kappa shape index (κ3) is 3.32. The maximum atomic E-state index is 12.1. The molecule has 0 N–H and O–H groups in total. The molecule has 0 saturated carbocycles. The SMILES string of the molecule is Cc1ccn(-c2ccc(=O)n(C3CN(C(=O)OC(C)(C)C)C3)n2)n1. The van der Waals surface area contributed by atoms with Crippen molar-refractivity contribution in [3.05, 3.63) is 40.4 Å². The highest BCUT2D eigenvalue weighted by Gasteiger charge is 2.35. The molecule has 0 atom stereocenters. The third-order valence-electron chi connectivity index (χ3n) is 3.63. The van der Waals surface area contributed by atoms with E-state index in [-0.39, 0.29) is 17.7 Å². The number of aromatic nitrogens is 4. The summed E-state index contributed by atoms with van der Waals surface area (Å²) >= 11 is 0. The van der Waals surface area contributed by atoms with E-state index in [1.165, 1.54) is 10.7 Å². The van der Waals surface area contributed by atoms with Crippen LogP contribution in [0.2, 0.25) is 0 Å². The van der Waals surface area contributed by atoms with Crippen LogP contribution in [0.4, 0.5) is 4.79 Å². The molecule has 0 unspecified atom stereocenters. The van der Waals surface area contributed by atoms with Crippen LogP contribution < -0.4 is 5.56 Å². The van der Waals surface area contributed by atoms with Crippen molar-refractivity contribution in [1.82, 2.24) is 24.5 Å². The van der Waals surface area contributed by atoms with Crippen LogP contribution in [0, 0.1) is 6.92 Å². The predicted molar refractivity (Wildman–Crippen MR) is 87.2 cm³/mol. The van der Waals surface area contributed by atoms with Gasteiger partial charge in [-0.2, -0.15) is 5.10 Å². The summed E-state index contributed by atoms with van der Waals surface area (Å²) in [6.45, 7) is 8.17. The minimum atomic E-state index is -0.533. The molecule has 128 valence electrons. The Kier molecular flexibility index (Phi) is 3.90. The first-order chi connectivity index (χ1) is 11.2. The van der Waals surface area contributed by atoms with Gasteiger partial charge < -0.3 is 9.64 Å². The van der Waals surface area contributed by atoms with Crippen LogP contribution in [0.3, 0.4) is 0 Å². The minimum absolute atomic E-state index is 0.151. The molecule has 0 radical (unpaired) electrons. The van der Waals surface area contributed by atoms with E-state index in [1.807, 2.05) is 33.8 Å². The number of nitrogens with zero attached hydrogens (tertiary/aromatic N) is 5. The van der Waals surface area contributed by atoms with Crippen LogP contribution in [0.15, 0.2) is 29.2 Å². The van der Waals surface area contributed by atoms with E-state index < -0.39 is 5.60 Å². The first kappa shape index (κ1) is 16.2.